The molecule has 12 heteroatoms. The first-order valence-electron chi connectivity index (χ1n) is 13.0. The predicted molar refractivity (Wildman–Crippen MR) is 166 cm³/mol. The molecule has 3 aromatic carbocycles. The summed E-state index contributed by atoms with van der Waals surface area (Å²) in [6, 6.07) is 16.3. The molecule has 3 rings (SSSR count). The quantitative estimate of drug-likeness (QED) is 0.197. The number of halogens is 4. The van der Waals surface area contributed by atoms with E-state index < -0.39 is 28.5 Å². The lowest BCUT2D eigenvalue weighted by molar-refractivity contribution is -0.140. The van der Waals surface area contributed by atoms with Crippen molar-refractivity contribution >= 4 is 73.9 Å². The molecule has 0 saturated carbocycles. The average Bonchev–Trinajstić information content (AvgIpc) is 2.95. The molecule has 3 aromatic rings. The minimum atomic E-state index is -4.27. The molecule has 220 valence electrons. The number of rotatable bonds is 13. The van der Waals surface area contributed by atoms with Crippen molar-refractivity contribution in [2.75, 3.05) is 17.4 Å². The van der Waals surface area contributed by atoms with Crippen molar-refractivity contribution in [3.05, 3.63) is 92.4 Å². The number of hydrogen-bond donors (Lipinski definition) is 1. The van der Waals surface area contributed by atoms with E-state index in [-0.39, 0.29) is 44.5 Å². The number of anilines is 1. The third-order valence-corrected chi connectivity index (χ3v) is 9.68. The van der Waals surface area contributed by atoms with Crippen LogP contribution >= 0.6 is 46.4 Å². The highest BCUT2D eigenvalue weighted by Crippen LogP contribution is 2.35. The van der Waals surface area contributed by atoms with Gasteiger partial charge in [0.1, 0.15) is 12.6 Å². The summed E-state index contributed by atoms with van der Waals surface area (Å²) >= 11 is 25.0. The highest BCUT2D eigenvalue weighted by atomic mass is 35.5. The zero-order valence-electron chi connectivity index (χ0n) is 22.6. The van der Waals surface area contributed by atoms with Gasteiger partial charge in [0.15, 0.2) is 0 Å². The second-order valence-corrected chi connectivity index (χ2v) is 12.7. The summed E-state index contributed by atoms with van der Waals surface area (Å²) in [5, 5.41) is 3.61. The van der Waals surface area contributed by atoms with Gasteiger partial charge in [0, 0.05) is 13.1 Å². The third-order valence-electron chi connectivity index (χ3n) is 6.36. The molecular weight excluding hydrogens is 628 g/mol. The first-order chi connectivity index (χ1) is 19.5. The molecule has 0 aromatic heterocycles. The first kappa shape index (κ1) is 33.0. The van der Waals surface area contributed by atoms with Gasteiger partial charge in [-0.25, -0.2) is 8.42 Å². The normalized spacial score (nSPS) is 12.0. The Morgan fingerprint density at radius 3 is 2.22 bits per heavy atom. The molecule has 0 aliphatic rings. The van der Waals surface area contributed by atoms with Crippen LogP contribution in [0.25, 0.3) is 0 Å². The molecule has 2 amide bonds. The number of hydrogen-bond acceptors (Lipinski definition) is 4. The van der Waals surface area contributed by atoms with Crippen molar-refractivity contribution < 1.29 is 18.0 Å². The van der Waals surface area contributed by atoms with Crippen molar-refractivity contribution in [3.8, 4) is 0 Å². The molecule has 41 heavy (non-hydrogen) atoms. The third kappa shape index (κ3) is 8.30. The van der Waals surface area contributed by atoms with Crippen LogP contribution < -0.4 is 9.62 Å². The highest BCUT2D eigenvalue weighted by molar-refractivity contribution is 7.92. The Morgan fingerprint density at radius 1 is 0.878 bits per heavy atom. The number of carbonyl (C=O) groups is 2. The lowest BCUT2D eigenvalue weighted by Crippen LogP contribution is -2.52. The van der Waals surface area contributed by atoms with E-state index in [9.17, 15) is 18.0 Å². The Morgan fingerprint density at radius 2 is 1.59 bits per heavy atom. The zero-order chi connectivity index (χ0) is 30.2. The second-order valence-electron chi connectivity index (χ2n) is 9.24. The summed E-state index contributed by atoms with van der Waals surface area (Å²) in [5.74, 6) is -0.961. The Bertz CT molecular complexity index is 1470. The van der Waals surface area contributed by atoms with Crippen LogP contribution in [0.1, 0.15) is 38.7 Å². The molecule has 0 saturated heterocycles. The van der Waals surface area contributed by atoms with E-state index in [1.807, 2.05) is 6.92 Å². The largest absolute Gasteiger partial charge is 0.354 e. The van der Waals surface area contributed by atoms with Crippen LogP contribution in [0.2, 0.25) is 20.1 Å². The topological polar surface area (TPSA) is 86.8 Å². The molecular formula is C29H31Cl4N3O4S. The van der Waals surface area contributed by atoms with Gasteiger partial charge in [0.2, 0.25) is 11.8 Å². The lowest BCUT2D eigenvalue weighted by Gasteiger charge is -2.33. The van der Waals surface area contributed by atoms with E-state index in [0.29, 0.717) is 17.1 Å². The van der Waals surface area contributed by atoms with Crippen LogP contribution in [-0.2, 0) is 26.2 Å². The summed E-state index contributed by atoms with van der Waals surface area (Å²) in [6.45, 7) is 3.58. The van der Waals surface area contributed by atoms with Crippen LogP contribution in [0.3, 0.4) is 0 Å². The van der Waals surface area contributed by atoms with Crippen molar-refractivity contribution in [1.82, 2.24) is 10.2 Å². The first-order valence-corrected chi connectivity index (χ1v) is 16.0. The van der Waals surface area contributed by atoms with Crippen molar-refractivity contribution in [2.45, 2.75) is 50.6 Å². The van der Waals surface area contributed by atoms with Gasteiger partial charge in [0.25, 0.3) is 10.0 Å². The molecule has 0 spiro atoms. The standard InChI is InChI=1S/C29H31Cl4N3O4S/c1-3-5-16-34-29(38)25(4-2)35(18-20-14-15-22(30)24(32)17-20)27(37)19-36(26-13-9-12-23(31)28(26)33)41(39,40)21-10-7-6-8-11-21/h6-15,17,25H,3-5,16,18-19H2,1-2H3,(H,34,38)/t25-/m0/s1. The lowest BCUT2D eigenvalue weighted by atomic mass is 10.1. The smallest absolute Gasteiger partial charge is 0.264 e. The van der Waals surface area contributed by atoms with E-state index in [2.05, 4.69) is 5.32 Å². The van der Waals surface area contributed by atoms with Gasteiger partial charge < -0.3 is 10.2 Å². The van der Waals surface area contributed by atoms with E-state index in [1.165, 1.54) is 29.2 Å². The summed E-state index contributed by atoms with van der Waals surface area (Å²) in [6.07, 6.45) is 1.95. The average molecular weight is 659 g/mol. The van der Waals surface area contributed by atoms with E-state index in [0.717, 1.165) is 17.1 Å². The van der Waals surface area contributed by atoms with Crippen LogP contribution in [0.4, 0.5) is 5.69 Å². The number of nitrogens with zero attached hydrogens (tertiary/aromatic N) is 2. The molecule has 7 nitrogen and oxygen atoms in total. The maximum absolute atomic E-state index is 14.1. The number of benzene rings is 3. The van der Waals surface area contributed by atoms with E-state index in [1.54, 1.807) is 49.4 Å². The van der Waals surface area contributed by atoms with Gasteiger partial charge >= 0.3 is 0 Å². The minimum Gasteiger partial charge on any atom is -0.354 e. The maximum Gasteiger partial charge on any atom is 0.264 e. The molecule has 0 radical (unpaired) electrons. The number of sulfonamides is 1. The Kier molecular flexibility index (Phi) is 12.2. The molecule has 0 unspecified atom stereocenters. The van der Waals surface area contributed by atoms with Gasteiger partial charge in [-0.3, -0.25) is 13.9 Å². The van der Waals surface area contributed by atoms with Crippen molar-refractivity contribution in [2.24, 2.45) is 0 Å². The SMILES string of the molecule is CCCCNC(=O)[C@H](CC)N(Cc1ccc(Cl)c(Cl)c1)C(=O)CN(c1cccc(Cl)c1Cl)S(=O)(=O)c1ccccc1. The summed E-state index contributed by atoms with van der Waals surface area (Å²) < 4.78 is 28.7. The van der Waals surface area contributed by atoms with Gasteiger partial charge in [-0.2, -0.15) is 0 Å². The van der Waals surface area contributed by atoms with E-state index in [4.69, 9.17) is 46.4 Å². The maximum atomic E-state index is 14.1. The predicted octanol–water partition coefficient (Wildman–Crippen LogP) is 7.22. The molecule has 0 aliphatic heterocycles. The highest BCUT2D eigenvalue weighted by Gasteiger charge is 2.34. The molecule has 0 bridgehead atoms. The van der Waals surface area contributed by atoms with Gasteiger partial charge in [0.05, 0.1) is 30.7 Å². The van der Waals surface area contributed by atoms with Crippen LogP contribution in [-0.4, -0.2) is 44.3 Å². The number of amides is 2. The van der Waals surface area contributed by atoms with Crippen LogP contribution in [0.15, 0.2) is 71.6 Å². The summed E-state index contributed by atoms with van der Waals surface area (Å²) in [7, 11) is -4.27. The summed E-state index contributed by atoms with van der Waals surface area (Å²) in [5.41, 5.74) is 0.650. The van der Waals surface area contributed by atoms with Crippen molar-refractivity contribution in [1.29, 1.82) is 0 Å². The zero-order valence-corrected chi connectivity index (χ0v) is 26.5. The Hall–Kier alpha value is -2.49. The van der Waals surface area contributed by atoms with Gasteiger partial charge in [-0.05, 0) is 54.8 Å². The molecule has 0 fully saturated rings. The van der Waals surface area contributed by atoms with Gasteiger partial charge in [-0.15, -0.1) is 0 Å². The Labute approximate surface area is 261 Å². The van der Waals surface area contributed by atoms with Crippen molar-refractivity contribution in [3.63, 3.8) is 0 Å². The van der Waals surface area contributed by atoms with E-state index >= 15 is 0 Å². The fraction of sp³-hybridized carbons (Fsp3) is 0.310. The number of carbonyl (C=O) groups excluding carboxylic acids is 2. The fourth-order valence-electron chi connectivity index (χ4n) is 4.18. The summed E-state index contributed by atoms with van der Waals surface area (Å²) in [4.78, 5) is 28.7. The van der Waals surface area contributed by atoms with Gasteiger partial charge in [-0.1, -0.05) is 97.0 Å². The minimum absolute atomic E-state index is 0.0159. The molecule has 1 atom stereocenters. The van der Waals surface area contributed by atoms with Crippen LogP contribution in [0.5, 0.6) is 0 Å². The number of nitrogens with one attached hydrogen (secondary N) is 1. The number of unbranched alkanes of at least 4 members (excludes halogenated alkanes) is 1. The molecule has 0 heterocycles. The fourth-order valence-corrected chi connectivity index (χ4v) is 6.39. The molecule has 0 aliphatic carbocycles. The second kappa shape index (κ2) is 15.1. The monoisotopic (exact) mass is 657 g/mol. The molecule has 1 N–H and O–H groups in total. The Balaban J connectivity index is 2.08. The van der Waals surface area contributed by atoms with Crippen LogP contribution in [0, 0.1) is 0 Å².